The summed E-state index contributed by atoms with van der Waals surface area (Å²) < 4.78 is 5.96. The van der Waals surface area contributed by atoms with E-state index in [0.717, 1.165) is 24.3 Å². The summed E-state index contributed by atoms with van der Waals surface area (Å²) in [6.07, 6.45) is 3.21. The van der Waals surface area contributed by atoms with Crippen LogP contribution in [-0.4, -0.2) is 22.2 Å². The maximum atomic E-state index is 10.9. The van der Waals surface area contributed by atoms with Gasteiger partial charge in [0.2, 0.25) is 0 Å². The van der Waals surface area contributed by atoms with Crippen LogP contribution in [-0.2, 0) is 11.3 Å². The van der Waals surface area contributed by atoms with Gasteiger partial charge in [0, 0.05) is 11.3 Å². The Hall–Kier alpha value is -1.72. The second-order valence-corrected chi connectivity index (χ2v) is 6.19. The molecule has 0 saturated heterocycles. The van der Waals surface area contributed by atoms with E-state index in [-0.39, 0.29) is 11.8 Å². The normalized spacial score (nSPS) is 21.5. The minimum Gasteiger partial charge on any atom is -0.476 e. The number of aromatic nitrogens is 1. The Morgan fingerprint density at radius 2 is 2.14 bits per heavy atom. The molecule has 1 aromatic heterocycles. The van der Waals surface area contributed by atoms with Gasteiger partial charge in [-0.15, -0.1) is 11.3 Å². The van der Waals surface area contributed by atoms with Gasteiger partial charge in [0.1, 0.15) is 0 Å². The molecule has 110 valence electrons. The number of carbonyl (C=O) groups is 1. The van der Waals surface area contributed by atoms with E-state index in [1.165, 1.54) is 16.9 Å². The Balaban J connectivity index is 1.54. The van der Waals surface area contributed by atoms with Gasteiger partial charge in [-0.3, -0.25) is 0 Å². The van der Waals surface area contributed by atoms with Gasteiger partial charge >= 0.3 is 5.97 Å². The number of benzene rings is 1. The van der Waals surface area contributed by atoms with Crippen LogP contribution in [0.3, 0.4) is 0 Å². The summed E-state index contributed by atoms with van der Waals surface area (Å²) in [7, 11) is 0. The molecule has 2 aromatic rings. The number of hydrogen-bond donors (Lipinski definition) is 1. The lowest BCUT2D eigenvalue weighted by Crippen LogP contribution is -2.08. The van der Waals surface area contributed by atoms with E-state index in [1.54, 1.807) is 5.38 Å². The summed E-state index contributed by atoms with van der Waals surface area (Å²) >= 11 is 1.44. The van der Waals surface area contributed by atoms with Crippen molar-refractivity contribution in [2.75, 3.05) is 0 Å². The van der Waals surface area contributed by atoms with E-state index in [9.17, 15) is 4.79 Å². The molecule has 4 nitrogen and oxygen atoms in total. The third-order valence-corrected chi connectivity index (χ3v) is 4.81. The van der Waals surface area contributed by atoms with Crippen LogP contribution >= 0.6 is 11.3 Å². The molecule has 1 fully saturated rings. The summed E-state index contributed by atoms with van der Waals surface area (Å²) in [4.78, 5) is 15.1. The molecule has 1 aromatic carbocycles. The fourth-order valence-electron chi connectivity index (χ4n) is 2.68. The molecule has 1 aliphatic carbocycles. The fraction of sp³-hybridized carbons (Fsp3) is 0.375. The summed E-state index contributed by atoms with van der Waals surface area (Å²) in [6.45, 7) is 0.635. The van der Waals surface area contributed by atoms with E-state index in [1.807, 2.05) is 18.2 Å². The third-order valence-electron chi connectivity index (χ3n) is 3.80. The van der Waals surface area contributed by atoms with Gasteiger partial charge in [-0.2, -0.15) is 0 Å². The molecule has 0 spiro atoms. The molecule has 0 amide bonds. The molecule has 0 unspecified atom stereocenters. The van der Waals surface area contributed by atoms with Crippen LogP contribution in [0.25, 0.3) is 0 Å². The Kier molecular flexibility index (Phi) is 4.31. The van der Waals surface area contributed by atoms with Crippen LogP contribution in [0.4, 0.5) is 0 Å². The van der Waals surface area contributed by atoms with Crippen LogP contribution in [0.1, 0.15) is 46.2 Å². The summed E-state index contributed by atoms with van der Waals surface area (Å²) in [6, 6.07) is 10.1. The number of carboxylic acids is 1. The monoisotopic (exact) mass is 303 g/mol. The van der Waals surface area contributed by atoms with Crippen LogP contribution in [0.15, 0.2) is 35.7 Å². The average molecular weight is 303 g/mol. The lowest BCUT2D eigenvalue weighted by atomic mass is 10.1. The van der Waals surface area contributed by atoms with Crippen LogP contribution < -0.4 is 0 Å². The van der Waals surface area contributed by atoms with Crippen molar-refractivity contribution in [1.29, 1.82) is 0 Å². The first-order valence-electron chi connectivity index (χ1n) is 7.06. The highest BCUT2D eigenvalue weighted by Crippen LogP contribution is 2.37. The molecule has 2 atom stereocenters. The molecule has 21 heavy (non-hydrogen) atoms. The highest BCUT2D eigenvalue weighted by atomic mass is 32.1. The van der Waals surface area contributed by atoms with E-state index in [0.29, 0.717) is 12.5 Å². The Morgan fingerprint density at radius 1 is 1.33 bits per heavy atom. The van der Waals surface area contributed by atoms with Crippen molar-refractivity contribution in [2.45, 2.75) is 37.9 Å². The number of nitrogens with zero attached hydrogens (tertiary/aromatic N) is 1. The molecule has 1 aliphatic rings. The molecule has 1 heterocycles. The smallest absolute Gasteiger partial charge is 0.355 e. The number of rotatable bonds is 5. The molecule has 0 radical (unpaired) electrons. The van der Waals surface area contributed by atoms with Crippen LogP contribution in [0, 0.1) is 0 Å². The van der Waals surface area contributed by atoms with Crippen molar-refractivity contribution in [2.24, 2.45) is 0 Å². The molecule has 0 bridgehead atoms. The predicted molar refractivity (Wildman–Crippen MR) is 80.7 cm³/mol. The molecular weight excluding hydrogens is 286 g/mol. The van der Waals surface area contributed by atoms with E-state index in [2.05, 4.69) is 17.1 Å². The van der Waals surface area contributed by atoms with Gasteiger partial charge in [-0.25, -0.2) is 9.78 Å². The second kappa shape index (κ2) is 6.37. The molecular formula is C16H17NO3S. The minimum atomic E-state index is -0.952. The highest BCUT2D eigenvalue weighted by Gasteiger charge is 2.29. The molecule has 0 aliphatic heterocycles. The molecule has 1 N–H and O–H groups in total. The van der Waals surface area contributed by atoms with Gasteiger partial charge in [0.15, 0.2) is 5.69 Å². The SMILES string of the molecule is O=C(O)c1csc([C@H]2CC[C@H](OCc3ccccc3)C2)n1. The number of carboxylic acid groups (broad SMARTS) is 1. The third kappa shape index (κ3) is 3.49. The number of thiazole rings is 1. The largest absolute Gasteiger partial charge is 0.476 e. The zero-order valence-corrected chi connectivity index (χ0v) is 12.4. The minimum absolute atomic E-state index is 0.156. The first kappa shape index (κ1) is 14.2. The predicted octanol–water partition coefficient (Wildman–Crippen LogP) is 3.69. The number of hydrogen-bond acceptors (Lipinski definition) is 4. The van der Waals surface area contributed by atoms with Gasteiger partial charge in [-0.05, 0) is 24.8 Å². The zero-order chi connectivity index (χ0) is 14.7. The Morgan fingerprint density at radius 3 is 2.86 bits per heavy atom. The first-order chi connectivity index (χ1) is 10.2. The van der Waals surface area contributed by atoms with E-state index < -0.39 is 5.97 Å². The van der Waals surface area contributed by atoms with Gasteiger partial charge in [0.25, 0.3) is 0 Å². The summed E-state index contributed by atoms with van der Waals surface area (Å²) in [5, 5.41) is 11.5. The van der Waals surface area contributed by atoms with Gasteiger partial charge in [-0.1, -0.05) is 30.3 Å². The summed E-state index contributed by atoms with van der Waals surface area (Å²) in [5.41, 5.74) is 1.34. The van der Waals surface area contributed by atoms with E-state index >= 15 is 0 Å². The number of aromatic carboxylic acids is 1. The van der Waals surface area contributed by atoms with Crippen molar-refractivity contribution >= 4 is 17.3 Å². The van der Waals surface area contributed by atoms with Crippen LogP contribution in [0.2, 0.25) is 0 Å². The first-order valence-corrected chi connectivity index (χ1v) is 7.94. The fourth-order valence-corrected chi connectivity index (χ4v) is 3.62. The van der Waals surface area contributed by atoms with E-state index in [4.69, 9.17) is 9.84 Å². The second-order valence-electron chi connectivity index (χ2n) is 5.30. The van der Waals surface area contributed by atoms with Crippen molar-refractivity contribution in [3.05, 3.63) is 52.0 Å². The van der Waals surface area contributed by atoms with Gasteiger partial charge in [0.05, 0.1) is 17.7 Å². The van der Waals surface area contributed by atoms with Crippen LogP contribution in [0.5, 0.6) is 0 Å². The zero-order valence-electron chi connectivity index (χ0n) is 11.6. The number of ether oxygens (including phenoxy) is 1. The maximum absolute atomic E-state index is 10.9. The molecule has 3 rings (SSSR count). The maximum Gasteiger partial charge on any atom is 0.355 e. The van der Waals surface area contributed by atoms with Gasteiger partial charge < -0.3 is 9.84 Å². The standard InChI is InChI=1S/C16H17NO3S/c18-16(19)14-10-21-15(17-14)12-6-7-13(8-12)20-9-11-4-2-1-3-5-11/h1-5,10,12-13H,6-9H2,(H,18,19)/t12-,13-/m0/s1. The van der Waals surface area contributed by atoms with Crippen molar-refractivity contribution in [1.82, 2.24) is 4.98 Å². The lowest BCUT2D eigenvalue weighted by molar-refractivity contribution is 0.0447. The van der Waals surface area contributed by atoms with Crippen molar-refractivity contribution < 1.29 is 14.6 Å². The summed E-state index contributed by atoms with van der Waals surface area (Å²) in [5.74, 6) is -0.615. The Bertz CT molecular complexity index is 611. The average Bonchev–Trinajstić information content (AvgIpc) is 3.15. The molecule has 5 heteroatoms. The topological polar surface area (TPSA) is 59.4 Å². The lowest BCUT2D eigenvalue weighted by Gasteiger charge is -2.11. The Labute approximate surface area is 127 Å². The molecule has 1 saturated carbocycles. The quantitative estimate of drug-likeness (QED) is 0.915. The van der Waals surface area contributed by atoms with Crippen molar-refractivity contribution in [3.63, 3.8) is 0 Å². The highest BCUT2D eigenvalue weighted by molar-refractivity contribution is 7.09. The van der Waals surface area contributed by atoms with Crippen molar-refractivity contribution in [3.8, 4) is 0 Å².